The topological polar surface area (TPSA) is 25.6 Å². The fourth-order valence-electron chi connectivity index (χ4n) is 6.54. The zero-order valence-electron chi connectivity index (χ0n) is 26.4. The van der Waals surface area contributed by atoms with Crippen LogP contribution in [0.15, 0.2) is 80.8 Å². The van der Waals surface area contributed by atoms with Crippen molar-refractivity contribution in [2.45, 2.75) is 77.7 Å². The van der Waals surface area contributed by atoms with Gasteiger partial charge in [0, 0.05) is 29.6 Å². The maximum absolute atomic E-state index is 5.60. The molecule has 0 radical (unpaired) electrons. The Morgan fingerprint density at radius 2 is 1.47 bits per heavy atom. The van der Waals surface area contributed by atoms with Gasteiger partial charge in [-0.25, -0.2) is 0 Å². The molecule has 6 rings (SSSR count). The van der Waals surface area contributed by atoms with Crippen LogP contribution in [0.1, 0.15) is 68.5 Å². The minimum Gasteiger partial charge on any atom is -0.496 e. The summed E-state index contributed by atoms with van der Waals surface area (Å²) in [7, 11) is 3.52. The van der Waals surface area contributed by atoms with Gasteiger partial charge in [0.25, 0.3) is 5.01 Å². The van der Waals surface area contributed by atoms with Crippen LogP contribution in [0.2, 0.25) is 0 Å². The van der Waals surface area contributed by atoms with Gasteiger partial charge in [0.1, 0.15) is 22.7 Å². The molecule has 4 nitrogen and oxygen atoms in total. The average molecular weight is 612 g/mol. The molecule has 0 bridgehead atoms. The first-order chi connectivity index (χ1) is 20.9. The number of hydrogen-bond acceptors (Lipinski definition) is 5. The van der Waals surface area contributed by atoms with Crippen LogP contribution in [0.4, 0.5) is 5.69 Å². The summed E-state index contributed by atoms with van der Waals surface area (Å²) < 4.78 is 14.9. The lowest BCUT2D eigenvalue weighted by Gasteiger charge is -2.20. The van der Waals surface area contributed by atoms with Crippen molar-refractivity contribution in [1.29, 1.82) is 0 Å². The van der Waals surface area contributed by atoms with Crippen LogP contribution < -0.4 is 18.9 Å². The highest BCUT2D eigenvalue weighted by Crippen LogP contribution is 2.49. The molecule has 6 heteroatoms. The number of ether oxygens (including phenoxy) is 2. The molecule has 0 amide bonds. The van der Waals surface area contributed by atoms with Crippen LogP contribution in [-0.4, -0.2) is 20.8 Å². The van der Waals surface area contributed by atoms with E-state index in [2.05, 4.69) is 91.8 Å². The number of nitrogens with zero attached hydrogens (tertiary/aromatic N) is 2. The van der Waals surface area contributed by atoms with Crippen molar-refractivity contribution < 1.29 is 14.0 Å². The maximum Gasteiger partial charge on any atom is 0.263 e. The standard InChI is InChI=1S/C37H43N2O2S2/c1-7-38-30-15-24(3)32(40-5)22-34(30)42-36(38)20-28-13-9-11-26(18-28)17-27-12-10-14-29(19-27)21-37-39(8-2)31-16-25(4)33(41-6)23-35(31)43-37/h15-23H,7-14H2,1-6H3/q+1. The molecule has 1 aromatic heterocycles. The van der Waals surface area contributed by atoms with E-state index in [1.165, 1.54) is 77.1 Å². The van der Waals surface area contributed by atoms with E-state index in [0.29, 0.717) is 0 Å². The Labute approximate surface area is 265 Å². The highest BCUT2D eigenvalue weighted by atomic mass is 32.2. The zero-order valence-corrected chi connectivity index (χ0v) is 28.0. The maximum atomic E-state index is 5.60. The molecular weight excluding hydrogens is 569 g/mol. The monoisotopic (exact) mass is 611 g/mol. The zero-order chi connectivity index (χ0) is 30.1. The highest BCUT2D eigenvalue weighted by Gasteiger charge is 2.26. The van der Waals surface area contributed by atoms with Crippen LogP contribution >= 0.6 is 23.1 Å². The number of allylic oxidation sites excluding steroid dienone is 8. The Morgan fingerprint density at radius 1 is 0.814 bits per heavy atom. The van der Waals surface area contributed by atoms with E-state index in [0.717, 1.165) is 50.3 Å². The first kappa shape index (κ1) is 29.8. The van der Waals surface area contributed by atoms with E-state index >= 15 is 0 Å². The minimum atomic E-state index is 0.959. The molecule has 2 aromatic carbocycles. The predicted octanol–water partition coefficient (Wildman–Crippen LogP) is 9.85. The number of hydrogen-bond donors (Lipinski definition) is 0. The van der Waals surface area contributed by atoms with E-state index in [9.17, 15) is 0 Å². The smallest absolute Gasteiger partial charge is 0.263 e. The Morgan fingerprint density at radius 3 is 2.14 bits per heavy atom. The molecular formula is C37H43N2O2S2+. The normalized spacial score (nSPS) is 19.8. The van der Waals surface area contributed by atoms with Gasteiger partial charge in [0.05, 0.1) is 24.9 Å². The van der Waals surface area contributed by atoms with Gasteiger partial charge in [-0.3, -0.25) is 0 Å². The van der Waals surface area contributed by atoms with Gasteiger partial charge in [-0.05, 0) is 118 Å². The van der Waals surface area contributed by atoms with E-state index in [-0.39, 0.29) is 0 Å². The second-order valence-corrected chi connectivity index (χ2v) is 13.8. The van der Waals surface area contributed by atoms with Crippen LogP contribution in [-0.2, 0) is 6.54 Å². The number of fused-ring (bicyclic) bond motifs is 2. The van der Waals surface area contributed by atoms with Crippen LogP contribution in [0.5, 0.6) is 11.5 Å². The Balaban J connectivity index is 1.26. The molecule has 0 fully saturated rings. The number of aryl methyl sites for hydroxylation is 3. The first-order valence-corrected chi connectivity index (χ1v) is 17.2. The Bertz CT molecular complexity index is 1720. The molecule has 0 saturated heterocycles. The van der Waals surface area contributed by atoms with Crippen molar-refractivity contribution in [3.63, 3.8) is 0 Å². The third-order valence-electron chi connectivity index (χ3n) is 8.72. The number of thiazole rings is 1. The van der Waals surface area contributed by atoms with Crippen molar-refractivity contribution in [3.8, 4) is 11.5 Å². The Hall–Kier alpha value is -3.22. The van der Waals surface area contributed by atoms with Crippen molar-refractivity contribution in [2.24, 2.45) is 0 Å². The minimum absolute atomic E-state index is 0.959. The van der Waals surface area contributed by atoms with E-state index in [1.807, 2.05) is 23.1 Å². The molecule has 2 aliphatic carbocycles. The van der Waals surface area contributed by atoms with Crippen molar-refractivity contribution >= 4 is 45.1 Å². The molecule has 43 heavy (non-hydrogen) atoms. The van der Waals surface area contributed by atoms with Crippen LogP contribution in [0.3, 0.4) is 0 Å². The van der Waals surface area contributed by atoms with Gasteiger partial charge in [-0.2, -0.15) is 4.57 Å². The average Bonchev–Trinajstić information content (AvgIpc) is 3.51. The summed E-state index contributed by atoms with van der Waals surface area (Å²) in [5.41, 5.74) is 10.8. The molecule has 3 aromatic rings. The number of methoxy groups -OCH3 is 2. The summed E-state index contributed by atoms with van der Waals surface area (Å²) in [6.07, 6.45) is 19.2. The van der Waals surface area contributed by atoms with Gasteiger partial charge in [0.15, 0.2) is 0 Å². The molecule has 0 unspecified atom stereocenters. The Kier molecular flexibility index (Phi) is 8.88. The summed E-state index contributed by atoms with van der Waals surface area (Å²) in [6, 6.07) is 8.92. The SMILES string of the molecule is CCN1/C(=C/C2=CC(=C/C3=CC(=C/c4sc5cc(OC)c(C)cc5[n+]4CC)/CCC3)/CCC2)Sc2cc(OC)c(C)cc21. The second-order valence-electron chi connectivity index (χ2n) is 11.7. The van der Waals surface area contributed by atoms with Crippen LogP contribution in [0, 0.1) is 13.8 Å². The summed E-state index contributed by atoms with van der Waals surface area (Å²) in [5.74, 6) is 1.93. The molecule has 0 spiro atoms. The first-order valence-electron chi connectivity index (χ1n) is 15.6. The number of benzene rings is 2. The van der Waals surface area contributed by atoms with Gasteiger partial charge in [-0.15, -0.1) is 0 Å². The fraction of sp³-hybridized carbons (Fsp3) is 0.378. The summed E-state index contributed by atoms with van der Waals surface area (Å²) in [5, 5.41) is 2.64. The summed E-state index contributed by atoms with van der Waals surface area (Å²) in [4.78, 5) is 3.73. The number of aromatic nitrogens is 1. The lowest BCUT2D eigenvalue weighted by Crippen LogP contribution is -2.33. The van der Waals surface area contributed by atoms with E-state index < -0.39 is 0 Å². The number of thioether (sulfide) groups is 1. The van der Waals surface area contributed by atoms with E-state index in [1.54, 1.807) is 14.2 Å². The third kappa shape index (κ3) is 6.09. The third-order valence-corrected chi connectivity index (χ3v) is 10.9. The van der Waals surface area contributed by atoms with Gasteiger partial charge < -0.3 is 14.4 Å². The fourth-order valence-corrected chi connectivity index (χ4v) is 8.97. The highest BCUT2D eigenvalue weighted by molar-refractivity contribution is 8.03. The quantitative estimate of drug-likeness (QED) is 0.248. The molecule has 0 atom stereocenters. The summed E-state index contributed by atoms with van der Waals surface area (Å²) in [6.45, 7) is 10.7. The largest absolute Gasteiger partial charge is 0.496 e. The molecule has 2 heterocycles. The molecule has 1 aliphatic heterocycles. The lowest BCUT2D eigenvalue weighted by molar-refractivity contribution is -0.665. The van der Waals surface area contributed by atoms with Crippen molar-refractivity contribution in [2.75, 3.05) is 25.7 Å². The lowest BCUT2D eigenvalue weighted by atomic mass is 9.90. The van der Waals surface area contributed by atoms with Gasteiger partial charge >= 0.3 is 0 Å². The second kappa shape index (κ2) is 12.8. The molecule has 3 aliphatic rings. The summed E-state index contributed by atoms with van der Waals surface area (Å²) >= 11 is 3.73. The van der Waals surface area contributed by atoms with Crippen molar-refractivity contribution in [1.82, 2.24) is 0 Å². The van der Waals surface area contributed by atoms with Crippen molar-refractivity contribution in [3.05, 3.63) is 92.0 Å². The van der Waals surface area contributed by atoms with Gasteiger partial charge in [0.2, 0.25) is 5.52 Å². The molecule has 0 N–H and O–H groups in total. The van der Waals surface area contributed by atoms with Crippen LogP contribution in [0.25, 0.3) is 16.3 Å². The predicted molar refractivity (Wildman–Crippen MR) is 184 cm³/mol. The number of anilines is 1. The van der Waals surface area contributed by atoms with Gasteiger partial charge in [-0.1, -0.05) is 41.3 Å². The molecule has 224 valence electrons. The molecule has 0 saturated carbocycles. The number of rotatable bonds is 7. The van der Waals surface area contributed by atoms with E-state index in [4.69, 9.17) is 9.47 Å².